The number of carbonyl (C=O) groups excluding carboxylic acids is 1. The summed E-state index contributed by atoms with van der Waals surface area (Å²) in [6.45, 7) is 3.59. The summed E-state index contributed by atoms with van der Waals surface area (Å²) >= 11 is 2.00. The van der Waals surface area contributed by atoms with Crippen LogP contribution < -0.4 is 5.32 Å². The van der Waals surface area contributed by atoms with Crippen LogP contribution in [0, 0.1) is 0 Å². The van der Waals surface area contributed by atoms with Gasteiger partial charge >= 0.3 is 0 Å². The third kappa shape index (κ3) is 4.78. The van der Waals surface area contributed by atoms with Gasteiger partial charge in [0.2, 0.25) is 10.0 Å². The molecule has 1 aliphatic carbocycles. The van der Waals surface area contributed by atoms with E-state index in [4.69, 9.17) is 0 Å². The normalized spacial score (nSPS) is 21.2. The van der Waals surface area contributed by atoms with Crippen molar-refractivity contribution in [2.24, 2.45) is 0 Å². The quantitative estimate of drug-likeness (QED) is 0.659. The summed E-state index contributed by atoms with van der Waals surface area (Å²) in [5, 5.41) is 3.15. The zero-order valence-corrected chi connectivity index (χ0v) is 21.2. The molecule has 1 N–H and O–H groups in total. The van der Waals surface area contributed by atoms with Crippen LogP contribution in [0.15, 0.2) is 53.4 Å². The van der Waals surface area contributed by atoms with Crippen molar-refractivity contribution in [2.75, 3.05) is 37.7 Å². The van der Waals surface area contributed by atoms with Gasteiger partial charge < -0.3 is 5.32 Å². The second-order valence-electron chi connectivity index (χ2n) is 9.60. The third-order valence-corrected chi connectivity index (χ3v) is 10.4. The number of hydrogen-bond donors (Lipinski definition) is 1. The minimum Gasteiger partial charge on any atom is -0.350 e. The predicted molar refractivity (Wildman–Crippen MR) is 137 cm³/mol. The van der Waals surface area contributed by atoms with Gasteiger partial charge in [0.05, 0.1) is 4.90 Å². The Labute approximate surface area is 207 Å². The molecule has 2 aromatic carbocycles. The number of benzene rings is 2. The lowest BCUT2D eigenvalue weighted by molar-refractivity contribution is 0.0817. The molecule has 0 unspecified atom stereocenters. The van der Waals surface area contributed by atoms with E-state index in [2.05, 4.69) is 16.3 Å². The highest BCUT2D eigenvalue weighted by Crippen LogP contribution is 2.36. The summed E-state index contributed by atoms with van der Waals surface area (Å²) in [4.78, 5) is 15.9. The molecule has 3 aliphatic rings. The monoisotopic (exact) mass is 499 g/mol. The largest absolute Gasteiger partial charge is 0.350 e. The Balaban J connectivity index is 1.29. The van der Waals surface area contributed by atoms with Gasteiger partial charge in [-0.25, -0.2) is 8.42 Å². The summed E-state index contributed by atoms with van der Waals surface area (Å²) in [7, 11) is -3.68. The summed E-state index contributed by atoms with van der Waals surface area (Å²) in [5.41, 5.74) is 2.70. The van der Waals surface area contributed by atoms with Gasteiger partial charge in [0.1, 0.15) is 0 Å². The number of hydrogen-bond acceptors (Lipinski definition) is 5. The smallest absolute Gasteiger partial charge is 0.251 e. The molecule has 8 heteroatoms. The van der Waals surface area contributed by atoms with E-state index < -0.39 is 10.0 Å². The van der Waals surface area contributed by atoms with Gasteiger partial charge in [-0.15, -0.1) is 0 Å². The van der Waals surface area contributed by atoms with E-state index in [-0.39, 0.29) is 16.3 Å². The Bertz CT molecular complexity index is 1140. The predicted octanol–water partition coefficient (Wildman–Crippen LogP) is 3.53. The van der Waals surface area contributed by atoms with Crippen molar-refractivity contribution in [3.8, 4) is 0 Å². The molecule has 0 radical (unpaired) electrons. The molecule has 6 nitrogen and oxygen atoms in total. The van der Waals surface area contributed by atoms with Crippen LogP contribution in [0.2, 0.25) is 0 Å². The lowest BCUT2D eigenvalue weighted by Gasteiger charge is -2.43. The molecule has 0 atom stereocenters. The van der Waals surface area contributed by atoms with E-state index in [9.17, 15) is 13.2 Å². The van der Waals surface area contributed by atoms with Gasteiger partial charge in [-0.2, -0.15) is 16.1 Å². The second kappa shape index (κ2) is 10.0. The highest BCUT2D eigenvalue weighted by molar-refractivity contribution is 7.99. The Hall–Kier alpha value is -1.87. The summed E-state index contributed by atoms with van der Waals surface area (Å²) in [6.07, 6.45) is 5.33. The molecule has 2 heterocycles. The van der Waals surface area contributed by atoms with Crippen molar-refractivity contribution in [2.45, 2.75) is 49.1 Å². The fraction of sp³-hybridized carbons (Fsp3) is 0.500. The molecule has 2 aromatic rings. The van der Waals surface area contributed by atoms with Crippen LogP contribution in [0.4, 0.5) is 0 Å². The first-order valence-electron chi connectivity index (χ1n) is 12.3. The fourth-order valence-electron chi connectivity index (χ4n) is 5.64. The number of nitrogens with one attached hydrogen (secondary N) is 1. The van der Waals surface area contributed by atoms with Crippen LogP contribution in [0.1, 0.15) is 47.2 Å². The summed E-state index contributed by atoms with van der Waals surface area (Å²) in [5.74, 6) is 2.10. The number of nitrogens with zero attached hydrogens (tertiary/aromatic N) is 2. The molecular formula is C26H33N3O3S2. The lowest BCUT2D eigenvalue weighted by Crippen LogP contribution is -2.56. The number of fused-ring (bicyclic) bond motifs is 1. The van der Waals surface area contributed by atoms with E-state index in [1.807, 2.05) is 30.0 Å². The van der Waals surface area contributed by atoms with Crippen LogP contribution in [0.25, 0.3) is 0 Å². The van der Waals surface area contributed by atoms with Gasteiger partial charge in [-0.05, 0) is 48.6 Å². The topological polar surface area (TPSA) is 69.7 Å². The first-order valence-corrected chi connectivity index (χ1v) is 14.9. The van der Waals surface area contributed by atoms with Crippen molar-refractivity contribution in [3.05, 3.63) is 65.2 Å². The molecule has 182 valence electrons. The van der Waals surface area contributed by atoms with Crippen molar-refractivity contribution >= 4 is 27.7 Å². The lowest BCUT2D eigenvalue weighted by atomic mass is 9.94. The number of thioether (sulfide) groups is 1. The molecule has 1 saturated carbocycles. The molecule has 1 saturated heterocycles. The van der Waals surface area contributed by atoms with Crippen LogP contribution in [-0.4, -0.2) is 66.8 Å². The maximum Gasteiger partial charge on any atom is 0.251 e. The van der Waals surface area contributed by atoms with Crippen molar-refractivity contribution < 1.29 is 13.2 Å². The van der Waals surface area contributed by atoms with E-state index in [1.165, 1.54) is 28.8 Å². The van der Waals surface area contributed by atoms with E-state index >= 15 is 0 Å². The SMILES string of the molecule is O=C(NCC1(N2CCSCC2)CCCC1)c1cccc(S(=O)(=O)N2CCc3ccccc3C2)c1. The Kier molecular flexibility index (Phi) is 7.02. The second-order valence-corrected chi connectivity index (χ2v) is 12.8. The van der Waals surface area contributed by atoms with E-state index in [1.54, 1.807) is 18.2 Å². The number of rotatable bonds is 6. The number of carbonyl (C=O) groups is 1. The van der Waals surface area contributed by atoms with E-state index in [0.717, 1.165) is 43.0 Å². The van der Waals surface area contributed by atoms with Crippen molar-refractivity contribution in [1.82, 2.24) is 14.5 Å². The average molecular weight is 500 g/mol. The molecule has 0 bridgehead atoms. The van der Waals surface area contributed by atoms with Crippen molar-refractivity contribution in [3.63, 3.8) is 0 Å². The van der Waals surface area contributed by atoms with Gasteiger partial charge in [0, 0.05) is 55.3 Å². The molecule has 0 aromatic heterocycles. The van der Waals surface area contributed by atoms with Crippen molar-refractivity contribution in [1.29, 1.82) is 0 Å². The van der Waals surface area contributed by atoms with Crippen LogP contribution in [0.5, 0.6) is 0 Å². The van der Waals surface area contributed by atoms with Gasteiger partial charge in [0.15, 0.2) is 0 Å². The van der Waals surface area contributed by atoms with Crippen LogP contribution in [0.3, 0.4) is 0 Å². The average Bonchev–Trinajstić information content (AvgIpc) is 3.38. The highest BCUT2D eigenvalue weighted by Gasteiger charge is 2.40. The fourth-order valence-corrected chi connectivity index (χ4v) is 8.01. The summed E-state index contributed by atoms with van der Waals surface area (Å²) < 4.78 is 28.3. The molecular weight excluding hydrogens is 466 g/mol. The van der Waals surface area contributed by atoms with E-state index in [0.29, 0.717) is 31.6 Å². The minimum absolute atomic E-state index is 0.0432. The zero-order valence-electron chi connectivity index (χ0n) is 19.5. The van der Waals surface area contributed by atoms with Crippen LogP contribution >= 0.6 is 11.8 Å². The molecule has 2 aliphatic heterocycles. The maximum absolute atomic E-state index is 13.4. The van der Waals surface area contributed by atoms with Crippen LogP contribution in [-0.2, 0) is 23.0 Å². The van der Waals surface area contributed by atoms with Gasteiger partial charge in [0.25, 0.3) is 5.91 Å². The molecule has 1 amide bonds. The number of amides is 1. The molecule has 34 heavy (non-hydrogen) atoms. The first-order chi connectivity index (χ1) is 16.5. The number of sulfonamides is 1. The zero-order chi connectivity index (χ0) is 23.6. The van der Waals surface area contributed by atoms with Gasteiger partial charge in [-0.3, -0.25) is 9.69 Å². The minimum atomic E-state index is -3.68. The molecule has 5 rings (SSSR count). The maximum atomic E-state index is 13.4. The molecule has 2 fully saturated rings. The Morgan fingerprint density at radius 1 is 0.971 bits per heavy atom. The standard InChI is InChI=1S/C26H33N3O3S2/c30-25(27-20-26(11-3-4-12-26)28-14-16-33-17-15-28)22-8-5-9-24(18-22)34(31,32)29-13-10-21-6-1-2-7-23(21)19-29/h1-2,5-9,18H,3-4,10-17,19-20H2,(H,27,30). The van der Waals surface area contributed by atoms with Gasteiger partial charge in [-0.1, -0.05) is 43.2 Å². The Morgan fingerprint density at radius 3 is 2.47 bits per heavy atom. The third-order valence-electron chi connectivity index (χ3n) is 7.62. The Morgan fingerprint density at radius 2 is 1.71 bits per heavy atom. The highest BCUT2D eigenvalue weighted by atomic mass is 32.2. The summed E-state index contributed by atoms with van der Waals surface area (Å²) in [6, 6.07) is 14.5. The first kappa shape index (κ1) is 23.9. The molecule has 0 spiro atoms.